The highest BCUT2D eigenvalue weighted by Gasteiger charge is 2.22. The third kappa shape index (κ3) is 3.35. The lowest BCUT2D eigenvalue weighted by molar-refractivity contribution is 0.196. The lowest BCUT2D eigenvalue weighted by Gasteiger charge is -2.30. The van der Waals surface area contributed by atoms with E-state index in [9.17, 15) is 0 Å². The van der Waals surface area contributed by atoms with Crippen molar-refractivity contribution in [2.75, 3.05) is 13.1 Å². The molecule has 0 spiro atoms. The molecule has 3 heterocycles. The molecule has 1 aromatic carbocycles. The zero-order valence-corrected chi connectivity index (χ0v) is 13.5. The molecular weight excluding hydrogens is 302 g/mol. The van der Waals surface area contributed by atoms with E-state index in [0.29, 0.717) is 12.5 Å². The zero-order chi connectivity index (χ0) is 16.2. The summed E-state index contributed by atoms with van der Waals surface area (Å²) in [4.78, 5) is 2.43. The summed E-state index contributed by atoms with van der Waals surface area (Å²) in [5, 5.41) is 19.4. The molecule has 1 fully saturated rings. The van der Waals surface area contributed by atoms with Crippen molar-refractivity contribution in [2.45, 2.75) is 31.8 Å². The number of rotatable bonds is 5. The van der Waals surface area contributed by atoms with Crippen molar-refractivity contribution in [3.05, 3.63) is 59.7 Å². The summed E-state index contributed by atoms with van der Waals surface area (Å²) in [5.41, 5.74) is 2.47. The maximum atomic E-state index is 4.22. The normalized spacial score (nSPS) is 16.5. The summed E-state index contributed by atoms with van der Waals surface area (Å²) < 4.78 is 1.90. The van der Waals surface area contributed by atoms with Crippen molar-refractivity contribution in [2.24, 2.45) is 0 Å². The molecule has 4 rings (SSSR count). The van der Waals surface area contributed by atoms with E-state index in [1.54, 1.807) is 0 Å². The van der Waals surface area contributed by atoms with E-state index in [2.05, 4.69) is 48.8 Å². The van der Waals surface area contributed by atoms with Gasteiger partial charge in [0.25, 0.3) is 0 Å². The number of hydrogen-bond donors (Lipinski definition) is 1. The van der Waals surface area contributed by atoms with E-state index in [4.69, 9.17) is 0 Å². The van der Waals surface area contributed by atoms with Gasteiger partial charge in [-0.15, -0.1) is 5.10 Å². The van der Waals surface area contributed by atoms with E-state index >= 15 is 0 Å². The lowest BCUT2D eigenvalue weighted by atomic mass is 9.94. The molecule has 0 saturated carbocycles. The minimum absolute atomic E-state index is 0.587. The largest absolute Gasteiger partial charge is 0.296 e. The average molecular weight is 323 g/mol. The number of aromatic nitrogens is 6. The van der Waals surface area contributed by atoms with Crippen LogP contribution in [0.4, 0.5) is 0 Å². The van der Waals surface area contributed by atoms with E-state index in [0.717, 1.165) is 38.3 Å². The second-order valence-electron chi connectivity index (χ2n) is 6.30. The number of nitrogens with zero attached hydrogens (tertiary/aromatic N) is 6. The first-order chi connectivity index (χ1) is 11.9. The molecule has 1 aliphatic heterocycles. The third-order valence-corrected chi connectivity index (χ3v) is 4.70. The molecule has 0 radical (unpaired) electrons. The van der Waals surface area contributed by atoms with Gasteiger partial charge in [-0.3, -0.25) is 10.00 Å². The van der Waals surface area contributed by atoms with Crippen LogP contribution in [0.1, 0.15) is 35.8 Å². The molecule has 3 aromatic rings. The molecule has 0 unspecified atom stereocenters. The predicted octanol–water partition coefficient (Wildman–Crippen LogP) is 1.82. The number of benzene rings is 1. The molecule has 0 aliphatic carbocycles. The Morgan fingerprint density at radius 1 is 1.04 bits per heavy atom. The summed E-state index contributed by atoms with van der Waals surface area (Å²) in [6.07, 6.45) is 4.12. The molecule has 124 valence electrons. The minimum Gasteiger partial charge on any atom is -0.296 e. The number of H-pyrrole nitrogens is 1. The summed E-state index contributed by atoms with van der Waals surface area (Å²) in [7, 11) is 0. The predicted molar refractivity (Wildman–Crippen MR) is 89.2 cm³/mol. The highest BCUT2D eigenvalue weighted by atomic mass is 15.5. The number of likely N-dealkylation sites (tertiary alicyclic amines) is 1. The van der Waals surface area contributed by atoms with E-state index in [-0.39, 0.29) is 0 Å². The van der Waals surface area contributed by atoms with Crippen LogP contribution in [-0.4, -0.2) is 48.4 Å². The van der Waals surface area contributed by atoms with Gasteiger partial charge in [0.05, 0.1) is 13.1 Å². The van der Waals surface area contributed by atoms with E-state index in [1.807, 2.05) is 29.1 Å². The number of nitrogens with one attached hydrogen (secondary N) is 1. The van der Waals surface area contributed by atoms with Gasteiger partial charge in [0.2, 0.25) is 0 Å². The summed E-state index contributed by atoms with van der Waals surface area (Å²) in [6.45, 7) is 3.63. The Labute approximate surface area is 140 Å². The number of hydrogen-bond acceptors (Lipinski definition) is 5. The minimum atomic E-state index is 0.587. The van der Waals surface area contributed by atoms with Crippen LogP contribution in [0.25, 0.3) is 0 Å². The van der Waals surface area contributed by atoms with Gasteiger partial charge in [0.15, 0.2) is 5.82 Å². The highest BCUT2D eigenvalue weighted by molar-refractivity contribution is 5.15. The van der Waals surface area contributed by atoms with Crippen molar-refractivity contribution < 1.29 is 0 Å². The van der Waals surface area contributed by atoms with Crippen molar-refractivity contribution in [3.63, 3.8) is 0 Å². The lowest BCUT2D eigenvalue weighted by Crippen LogP contribution is -2.33. The maximum Gasteiger partial charge on any atom is 0.165 e. The van der Waals surface area contributed by atoms with Gasteiger partial charge in [0.1, 0.15) is 0 Å². The Bertz CT molecular complexity index is 742. The van der Waals surface area contributed by atoms with Gasteiger partial charge >= 0.3 is 0 Å². The molecule has 1 saturated heterocycles. The van der Waals surface area contributed by atoms with Crippen LogP contribution in [0.3, 0.4) is 0 Å². The zero-order valence-electron chi connectivity index (χ0n) is 13.5. The van der Waals surface area contributed by atoms with Crippen LogP contribution in [-0.2, 0) is 13.1 Å². The van der Waals surface area contributed by atoms with Gasteiger partial charge in [-0.2, -0.15) is 5.10 Å². The average Bonchev–Trinajstić information content (AvgIpc) is 3.29. The second kappa shape index (κ2) is 6.92. The van der Waals surface area contributed by atoms with Crippen LogP contribution in [0, 0.1) is 0 Å². The van der Waals surface area contributed by atoms with Crippen LogP contribution >= 0.6 is 0 Å². The van der Waals surface area contributed by atoms with Gasteiger partial charge in [-0.05, 0) is 48.0 Å². The molecular formula is C17H21N7. The Hall–Kier alpha value is -2.54. The first-order valence-electron chi connectivity index (χ1n) is 8.39. The molecule has 7 heteroatoms. The van der Waals surface area contributed by atoms with Gasteiger partial charge < -0.3 is 0 Å². The van der Waals surface area contributed by atoms with Crippen LogP contribution in [0.15, 0.2) is 42.6 Å². The number of piperidine rings is 1. The Balaban J connectivity index is 1.36. The fourth-order valence-corrected chi connectivity index (χ4v) is 3.31. The Morgan fingerprint density at radius 2 is 1.88 bits per heavy atom. The summed E-state index contributed by atoms with van der Waals surface area (Å²) in [6, 6.07) is 12.4. The highest BCUT2D eigenvalue weighted by Crippen LogP contribution is 2.26. The molecule has 0 amide bonds. The molecule has 24 heavy (non-hydrogen) atoms. The quantitative estimate of drug-likeness (QED) is 0.775. The topological polar surface area (TPSA) is 75.5 Å². The summed E-state index contributed by atoms with van der Waals surface area (Å²) in [5.74, 6) is 1.52. The SMILES string of the molecule is c1ccc(Cn2nnnc2CN2CCC(c3ccn[nH]3)CC2)cc1. The Kier molecular flexibility index (Phi) is 4.33. The summed E-state index contributed by atoms with van der Waals surface area (Å²) >= 11 is 0. The van der Waals surface area contributed by atoms with Crippen molar-refractivity contribution in [1.29, 1.82) is 0 Å². The maximum absolute atomic E-state index is 4.22. The van der Waals surface area contributed by atoms with Gasteiger partial charge in [-0.1, -0.05) is 30.3 Å². The molecule has 1 N–H and O–H groups in total. The molecule has 1 aliphatic rings. The number of tetrazole rings is 1. The third-order valence-electron chi connectivity index (χ3n) is 4.70. The number of aromatic amines is 1. The van der Waals surface area contributed by atoms with Crippen molar-refractivity contribution >= 4 is 0 Å². The Morgan fingerprint density at radius 3 is 2.62 bits per heavy atom. The van der Waals surface area contributed by atoms with E-state index in [1.165, 1.54) is 11.3 Å². The van der Waals surface area contributed by atoms with Crippen LogP contribution in [0.2, 0.25) is 0 Å². The first kappa shape index (κ1) is 15.0. The molecule has 0 atom stereocenters. The fourth-order valence-electron chi connectivity index (χ4n) is 3.31. The smallest absolute Gasteiger partial charge is 0.165 e. The standard InChI is InChI=1S/C17H21N7/c1-2-4-14(5-3-1)12-24-17(20-21-22-24)13-23-10-7-15(8-11-23)16-6-9-18-19-16/h1-6,9,15H,7-8,10-13H2,(H,18,19). The van der Waals surface area contributed by atoms with Gasteiger partial charge in [0, 0.05) is 17.8 Å². The molecule has 0 bridgehead atoms. The van der Waals surface area contributed by atoms with Crippen LogP contribution in [0.5, 0.6) is 0 Å². The van der Waals surface area contributed by atoms with E-state index < -0.39 is 0 Å². The molecule has 2 aromatic heterocycles. The fraction of sp³-hybridized carbons (Fsp3) is 0.412. The second-order valence-corrected chi connectivity index (χ2v) is 6.30. The van der Waals surface area contributed by atoms with Gasteiger partial charge in [-0.25, -0.2) is 4.68 Å². The monoisotopic (exact) mass is 323 g/mol. The van der Waals surface area contributed by atoms with Crippen molar-refractivity contribution in [1.82, 2.24) is 35.3 Å². The molecule has 7 nitrogen and oxygen atoms in total. The van der Waals surface area contributed by atoms with Crippen molar-refractivity contribution in [3.8, 4) is 0 Å². The first-order valence-corrected chi connectivity index (χ1v) is 8.39. The van der Waals surface area contributed by atoms with Crippen LogP contribution < -0.4 is 0 Å².